The molecule has 0 saturated carbocycles. The fourth-order valence-corrected chi connectivity index (χ4v) is 1.28. The van der Waals surface area contributed by atoms with E-state index in [9.17, 15) is 24.0 Å². The average Bonchev–Trinajstić information content (AvgIpc) is 2.37. The third kappa shape index (κ3) is 4.34. The number of hydrogen-bond donors (Lipinski definition) is 2. The highest BCUT2D eigenvalue weighted by molar-refractivity contribution is 6.30. The molecule has 0 amide bonds. The van der Waals surface area contributed by atoms with E-state index in [2.05, 4.69) is 9.47 Å². The van der Waals surface area contributed by atoms with E-state index >= 15 is 0 Å². The van der Waals surface area contributed by atoms with Crippen molar-refractivity contribution in [2.24, 2.45) is 0 Å². The second-order valence-electron chi connectivity index (χ2n) is 3.67. The third-order valence-corrected chi connectivity index (χ3v) is 2.23. The zero-order valence-electron chi connectivity index (χ0n) is 10.9. The van der Waals surface area contributed by atoms with Crippen LogP contribution in [0.15, 0.2) is 0 Å². The van der Waals surface area contributed by atoms with Crippen molar-refractivity contribution in [2.75, 3.05) is 0 Å². The Bertz CT molecular complexity index is 409. The Labute approximate surface area is 113 Å². The standard InChI is InChI=1S/C11H14O9/c1-3-5-6(12)11(4-2,19-9(17)7(13)14)20-10(18)8(15)16/h3-5H2,1-2H3,(H,13,14)(H,15,16). The van der Waals surface area contributed by atoms with Gasteiger partial charge in [-0.05, 0) is 6.42 Å². The predicted octanol–water partition coefficient (Wildman–Crippen LogP) is -0.283. The average molecular weight is 290 g/mol. The lowest BCUT2D eigenvalue weighted by atomic mass is 10.0. The molecule has 0 aromatic rings. The molecule has 0 aliphatic heterocycles. The van der Waals surface area contributed by atoms with Crippen molar-refractivity contribution in [1.82, 2.24) is 0 Å². The Morgan fingerprint density at radius 1 is 0.900 bits per heavy atom. The van der Waals surface area contributed by atoms with E-state index in [-0.39, 0.29) is 6.42 Å². The van der Waals surface area contributed by atoms with Crippen LogP contribution < -0.4 is 0 Å². The number of hydrogen-bond acceptors (Lipinski definition) is 7. The highest BCUT2D eigenvalue weighted by Crippen LogP contribution is 2.23. The molecule has 0 saturated heterocycles. The molecule has 0 spiro atoms. The number of carboxylic acid groups (broad SMARTS) is 2. The summed E-state index contributed by atoms with van der Waals surface area (Å²) in [5.74, 6) is -11.1. The molecular weight excluding hydrogens is 276 g/mol. The van der Waals surface area contributed by atoms with Crippen molar-refractivity contribution in [3.63, 3.8) is 0 Å². The van der Waals surface area contributed by atoms with E-state index in [1.807, 2.05) is 0 Å². The van der Waals surface area contributed by atoms with Crippen molar-refractivity contribution < 1.29 is 43.7 Å². The smallest absolute Gasteiger partial charge is 0.420 e. The van der Waals surface area contributed by atoms with Crippen molar-refractivity contribution >= 4 is 29.7 Å². The summed E-state index contributed by atoms with van der Waals surface area (Å²) in [5.41, 5.74) is 0. The quantitative estimate of drug-likeness (QED) is 0.383. The summed E-state index contributed by atoms with van der Waals surface area (Å²) in [7, 11) is 0. The maximum Gasteiger partial charge on any atom is 0.420 e. The molecule has 20 heavy (non-hydrogen) atoms. The number of carboxylic acids is 2. The first-order chi connectivity index (χ1) is 9.20. The van der Waals surface area contributed by atoms with Crippen molar-refractivity contribution in [3.05, 3.63) is 0 Å². The molecule has 0 bridgehead atoms. The van der Waals surface area contributed by atoms with Crippen LogP contribution >= 0.6 is 0 Å². The molecule has 0 radical (unpaired) electrons. The number of ether oxygens (including phenoxy) is 2. The molecule has 112 valence electrons. The Kier molecular flexibility index (Phi) is 6.33. The van der Waals surface area contributed by atoms with Gasteiger partial charge in [-0.25, -0.2) is 19.2 Å². The summed E-state index contributed by atoms with van der Waals surface area (Å²) in [6, 6.07) is 0. The lowest BCUT2D eigenvalue weighted by molar-refractivity contribution is -0.229. The Hall–Kier alpha value is -2.45. The van der Waals surface area contributed by atoms with Gasteiger partial charge in [-0.3, -0.25) is 4.79 Å². The zero-order valence-corrected chi connectivity index (χ0v) is 10.9. The van der Waals surface area contributed by atoms with E-state index in [0.717, 1.165) is 0 Å². The first kappa shape index (κ1) is 17.6. The van der Waals surface area contributed by atoms with Gasteiger partial charge in [0.1, 0.15) is 0 Å². The number of esters is 2. The van der Waals surface area contributed by atoms with Crippen LogP contribution in [0.4, 0.5) is 0 Å². The number of ketones is 1. The number of aliphatic carboxylic acids is 2. The van der Waals surface area contributed by atoms with Crippen LogP contribution in [0.2, 0.25) is 0 Å². The van der Waals surface area contributed by atoms with Gasteiger partial charge in [0, 0.05) is 12.8 Å². The first-order valence-electron chi connectivity index (χ1n) is 5.66. The highest BCUT2D eigenvalue weighted by Gasteiger charge is 2.46. The van der Waals surface area contributed by atoms with Crippen LogP contribution in [-0.4, -0.2) is 45.7 Å². The summed E-state index contributed by atoms with van der Waals surface area (Å²) in [4.78, 5) is 54.9. The van der Waals surface area contributed by atoms with Crippen LogP contribution in [0.1, 0.15) is 33.1 Å². The molecule has 0 aromatic heterocycles. The molecule has 0 atom stereocenters. The van der Waals surface area contributed by atoms with Crippen LogP contribution in [0.3, 0.4) is 0 Å². The van der Waals surface area contributed by atoms with Gasteiger partial charge in [0.2, 0.25) is 5.78 Å². The monoisotopic (exact) mass is 290 g/mol. The van der Waals surface area contributed by atoms with Crippen molar-refractivity contribution in [2.45, 2.75) is 38.9 Å². The lowest BCUT2D eigenvalue weighted by Crippen LogP contribution is -2.49. The molecular formula is C11H14O9. The molecule has 0 fully saturated rings. The van der Waals surface area contributed by atoms with E-state index < -0.39 is 41.9 Å². The number of Topliss-reactive ketones (excluding diaryl/α,β-unsaturated/α-hetero) is 1. The minimum atomic E-state index is -2.54. The van der Waals surface area contributed by atoms with Gasteiger partial charge >= 0.3 is 29.7 Å². The van der Waals surface area contributed by atoms with Gasteiger partial charge in [-0.1, -0.05) is 13.8 Å². The molecule has 0 rings (SSSR count). The third-order valence-electron chi connectivity index (χ3n) is 2.23. The van der Waals surface area contributed by atoms with Gasteiger partial charge in [-0.2, -0.15) is 0 Å². The van der Waals surface area contributed by atoms with Gasteiger partial charge in [0.25, 0.3) is 0 Å². The van der Waals surface area contributed by atoms with E-state index in [1.54, 1.807) is 6.92 Å². The highest BCUT2D eigenvalue weighted by atomic mass is 16.7. The molecule has 0 aromatic carbocycles. The van der Waals surface area contributed by atoms with E-state index in [0.29, 0.717) is 6.42 Å². The lowest BCUT2D eigenvalue weighted by Gasteiger charge is -2.28. The summed E-state index contributed by atoms with van der Waals surface area (Å²) in [6.45, 7) is 2.88. The van der Waals surface area contributed by atoms with Crippen LogP contribution in [-0.2, 0) is 33.4 Å². The summed E-state index contributed by atoms with van der Waals surface area (Å²) < 4.78 is 8.78. The SMILES string of the molecule is CCCC(=O)C(CC)(OC(=O)C(=O)O)OC(=O)C(=O)O. The molecule has 0 unspecified atom stereocenters. The first-order valence-corrected chi connectivity index (χ1v) is 5.66. The van der Waals surface area contributed by atoms with Gasteiger partial charge in [0.05, 0.1) is 0 Å². The van der Waals surface area contributed by atoms with E-state index in [1.165, 1.54) is 6.92 Å². The molecule has 9 heteroatoms. The van der Waals surface area contributed by atoms with Crippen LogP contribution in [0, 0.1) is 0 Å². The molecule has 0 heterocycles. The Morgan fingerprint density at radius 3 is 1.55 bits per heavy atom. The number of rotatable bonds is 6. The van der Waals surface area contributed by atoms with Gasteiger partial charge in [-0.15, -0.1) is 0 Å². The van der Waals surface area contributed by atoms with Crippen LogP contribution in [0.5, 0.6) is 0 Å². The van der Waals surface area contributed by atoms with Crippen molar-refractivity contribution in [3.8, 4) is 0 Å². The maximum absolute atomic E-state index is 11.9. The fourth-order valence-electron chi connectivity index (χ4n) is 1.28. The topological polar surface area (TPSA) is 144 Å². The molecule has 9 nitrogen and oxygen atoms in total. The molecule has 2 N–H and O–H groups in total. The van der Waals surface area contributed by atoms with Crippen molar-refractivity contribution in [1.29, 1.82) is 0 Å². The fraction of sp³-hybridized carbons (Fsp3) is 0.545. The Balaban J connectivity index is 5.42. The summed E-state index contributed by atoms with van der Waals surface area (Å²) in [5, 5.41) is 16.9. The largest absolute Gasteiger partial charge is 0.473 e. The number of carbonyl (C=O) groups is 5. The summed E-state index contributed by atoms with van der Waals surface area (Å²) in [6.07, 6.45) is -0.298. The van der Waals surface area contributed by atoms with Gasteiger partial charge < -0.3 is 19.7 Å². The summed E-state index contributed by atoms with van der Waals surface area (Å²) >= 11 is 0. The normalized spacial score (nSPS) is 10.5. The minimum Gasteiger partial charge on any atom is -0.473 e. The predicted molar refractivity (Wildman–Crippen MR) is 60.4 cm³/mol. The maximum atomic E-state index is 11.9. The zero-order chi connectivity index (χ0) is 15.9. The van der Waals surface area contributed by atoms with E-state index in [4.69, 9.17) is 10.2 Å². The van der Waals surface area contributed by atoms with Gasteiger partial charge in [0.15, 0.2) is 0 Å². The minimum absolute atomic E-state index is 0.187. The second kappa shape index (κ2) is 7.22. The second-order valence-corrected chi connectivity index (χ2v) is 3.67. The molecule has 0 aliphatic rings. The molecule has 0 aliphatic carbocycles. The van der Waals surface area contributed by atoms with Crippen LogP contribution in [0.25, 0.3) is 0 Å². The number of carbonyl (C=O) groups excluding carboxylic acids is 3. The Morgan fingerprint density at radius 2 is 1.30 bits per heavy atom.